The molecule has 0 aliphatic carbocycles. The van der Waals surface area contributed by atoms with Gasteiger partial charge in [0.05, 0.1) is 0 Å². The molecule has 4 nitrogen and oxygen atoms in total. The number of alkyl halides is 1. The first-order valence-electron chi connectivity index (χ1n) is 5.83. The molecule has 0 spiro atoms. The van der Waals surface area contributed by atoms with Crippen molar-refractivity contribution in [3.05, 3.63) is 28.9 Å². The summed E-state index contributed by atoms with van der Waals surface area (Å²) >= 11 is 3.41. The number of nitrogens with zero attached hydrogens (tertiary/aromatic N) is 2. The topological polar surface area (TPSA) is 48.0 Å². The van der Waals surface area contributed by atoms with Gasteiger partial charge in [-0.05, 0) is 25.0 Å². The van der Waals surface area contributed by atoms with Gasteiger partial charge in [-0.3, -0.25) is 4.57 Å². The molecule has 0 atom stereocenters. The Morgan fingerprint density at radius 3 is 2.94 bits per heavy atom. The summed E-state index contributed by atoms with van der Waals surface area (Å²) in [6.07, 6.45) is 6.13. The molecule has 0 aliphatic rings. The van der Waals surface area contributed by atoms with Gasteiger partial charge >= 0.3 is 5.76 Å². The summed E-state index contributed by atoms with van der Waals surface area (Å²) in [5.41, 5.74) is 1.22. The summed E-state index contributed by atoms with van der Waals surface area (Å²) in [6.45, 7) is 0.708. The smallest absolute Gasteiger partial charge is 0.389 e. The number of aryl methyl sites for hydroxylation is 1. The van der Waals surface area contributed by atoms with Gasteiger partial charge in [-0.1, -0.05) is 28.8 Å². The maximum Gasteiger partial charge on any atom is 0.421 e. The normalized spacial score (nSPS) is 11.1. The van der Waals surface area contributed by atoms with E-state index in [0.29, 0.717) is 12.3 Å². The van der Waals surface area contributed by atoms with Crippen LogP contribution in [0.3, 0.4) is 0 Å². The second-order valence-corrected chi connectivity index (χ2v) is 4.74. The third kappa shape index (κ3) is 2.97. The fourth-order valence-electron chi connectivity index (χ4n) is 1.83. The van der Waals surface area contributed by atoms with Crippen LogP contribution >= 0.6 is 15.9 Å². The van der Waals surface area contributed by atoms with Gasteiger partial charge < -0.3 is 4.42 Å². The van der Waals surface area contributed by atoms with Crippen LogP contribution in [0, 0.1) is 0 Å². The summed E-state index contributed by atoms with van der Waals surface area (Å²) in [7, 11) is 0. The van der Waals surface area contributed by atoms with Crippen molar-refractivity contribution in [3.8, 4) is 0 Å². The predicted molar refractivity (Wildman–Crippen MR) is 70.5 cm³/mol. The lowest BCUT2D eigenvalue weighted by atomic mass is 10.2. The number of halogens is 1. The van der Waals surface area contributed by atoms with E-state index in [9.17, 15) is 4.79 Å². The molecule has 2 rings (SSSR count). The zero-order chi connectivity index (χ0) is 12.1. The van der Waals surface area contributed by atoms with Gasteiger partial charge in [0.2, 0.25) is 5.71 Å². The molecule has 0 aromatic carbocycles. The van der Waals surface area contributed by atoms with E-state index in [-0.39, 0.29) is 5.76 Å². The minimum Gasteiger partial charge on any atom is -0.389 e. The van der Waals surface area contributed by atoms with Crippen molar-refractivity contribution in [2.75, 3.05) is 5.33 Å². The first-order chi connectivity index (χ1) is 8.33. The molecule has 0 fully saturated rings. The molecule has 0 saturated heterocycles. The molecule has 0 radical (unpaired) electrons. The Kier molecular flexibility index (Phi) is 4.36. The van der Waals surface area contributed by atoms with Crippen LogP contribution in [0.25, 0.3) is 11.2 Å². The van der Waals surface area contributed by atoms with Gasteiger partial charge in [-0.15, -0.1) is 0 Å². The van der Waals surface area contributed by atoms with Gasteiger partial charge in [0, 0.05) is 18.1 Å². The molecule has 2 aromatic rings. The van der Waals surface area contributed by atoms with Crippen LogP contribution in [0.5, 0.6) is 0 Å². The SMILES string of the molecule is O=c1oc2ncccc2n1CCCCCCBr. The fraction of sp³-hybridized carbons (Fsp3) is 0.500. The van der Waals surface area contributed by atoms with Crippen LogP contribution in [-0.4, -0.2) is 14.9 Å². The highest BCUT2D eigenvalue weighted by Gasteiger charge is 2.08. The largest absolute Gasteiger partial charge is 0.421 e. The number of aromatic nitrogens is 2. The molecule has 0 unspecified atom stereocenters. The van der Waals surface area contributed by atoms with Crippen LogP contribution < -0.4 is 5.76 Å². The van der Waals surface area contributed by atoms with Crippen molar-refractivity contribution in [2.24, 2.45) is 0 Å². The summed E-state index contributed by atoms with van der Waals surface area (Å²) < 4.78 is 6.73. The predicted octanol–water partition coefficient (Wildman–Crippen LogP) is 2.94. The fourth-order valence-corrected chi connectivity index (χ4v) is 2.23. The van der Waals surface area contributed by atoms with Crippen molar-refractivity contribution in [1.29, 1.82) is 0 Å². The Balaban J connectivity index is 2.03. The minimum atomic E-state index is -0.306. The lowest BCUT2D eigenvalue weighted by Gasteiger charge is -2.01. The lowest BCUT2D eigenvalue weighted by molar-refractivity contribution is 0.484. The molecule has 0 saturated carbocycles. The first-order valence-corrected chi connectivity index (χ1v) is 6.95. The van der Waals surface area contributed by atoms with E-state index in [2.05, 4.69) is 20.9 Å². The second kappa shape index (κ2) is 6.00. The van der Waals surface area contributed by atoms with Crippen molar-refractivity contribution in [2.45, 2.75) is 32.2 Å². The van der Waals surface area contributed by atoms with E-state index >= 15 is 0 Å². The van der Waals surface area contributed by atoms with Crippen LogP contribution in [0.15, 0.2) is 27.5 Å². The van der Waals surface area contributed by atoms with E-state index in [1.807, 2.05) is 12.1 Å². The zero-order valence-corrected chi connectivity index (χ0v) is 11.1. The van der Waals surface area contributed by atoms with Crippen molar-refractivity contribution >= 4 is 27.2 Å². The van der Waals surface area contributed by atoms with Crippen LogP contribution in [-0.2, 0) is 6.54 Å². The number of pyridine rings is 1. The van der Waals surface area contributed by atoms with E-state index < -0.39 is 0 Å². The van der Waals surface area contributed by atoms with Crippen molar-refractivity contribution in [1.82, 2.24) is 9.55 Å². The van der Waals surface area contributed by atoms with Gasteiger partial charge in [-0.2, -0.15) is 0 Å². The lowest BCUT2D eigenvalue weighted by Crippen LogP contribution is -2.14. The summed E-state index contributed by atoms with van der Waals surface area (Å²) in [6, 6.07) is 3.68. The summed E-state index contributed by atoms with van der Waals surface area (Å²) in [4.78, 5) is 15.6. The third-order valence-corrected chi connectivity index (χ3v) is 3.27. The quantitative estimate of drug-likeness (QED) is 0.608. The average Bonchev–Trinajstić information content (AvgIpc) is 2.65. The highest BCUT2D eigenvalue weighted by atomic mass is 79.9. The molecule has 2 heterocycles. The molecule has 0 bridgehead atoms. The molecular weight excluding hydrogens is 284 g/mol. The van der Waals surface area contributed by atoms with Crippen LogP contribution in [0.4, 0.5) is 0 Å². The highest BCUT2D eigenvalue weighted by molar-refractivity contribution is 9.09. The average molecular weight is 299 g/mol. The van der Waals surface area contributed by atoms with Gasteiger partial charge in [-0.25, -0.2) is 9.78 Å². The molecule has 2 aromatic heterocycles. The number of unbranched alkanes of at least 4 members (excludes halogenated alkanes) is 3. The molecule has 92 valence electrons. The zero-order valence-electron chi connectivity index (χ0n) is 9.56. The Bertz CT molecular complexity index is 533. The van der Waals surface area contributed by atoms with Gasteiger partial charge in [0.1, 0.15) is 5.52 Å². The number of hydrogen-bond donors (Lipinski definition) is 0. The van der Waals surface area contributed by atoms with E-state index in [1.165, 1.54) is 12.8 Å². The molecule has 17 heavy (non-hydrogen) atoms. The molecule has 0 aliphatic heterocycles. The summed E-state index contributed by atoms with van der Waals surface area (Å²) in [5.74, 6) is -0.306. The third-order valence-electron chi connectivity index (χ3n) is 2.71. The first kappa shape index (κ1) is 12.4. The monoisotopic (exact) mass is 298 g/mol. The Morgan fingerprint density at radius 2 is 2.12 bits per heavy atom. The van der Waals surface area contributed by atoms with Crippen LogP contribution in [0.2, 0.25) is 0 Å². The minimum absolute atomic E-state index is 0.306. The van der Waals surface area contributed by atoms with E-state index in [1.54, 1.807) is 10.8 Å². The number of oxazole rings is 1. The molecule has 5 heteroatoms. The summed E-state index contributed by atoms with van der Waals surface area (Å²) in [5, 5.41) is 1.05. The molecule has 0 N–H and O–H groups in total. The highest BCUT2D eigenvalue weighted by Crippen LogP contribution is 2.10. The number of hydrogen-bond acceptors (Lipinski definition) is 3. The number of fused-ring (bicyclic) bond motifs is 1. The standard InChI is InChI=1S/C12H15BrN2O2/c13-7-3-1-2-4-9-15-10-6-5-8-14-11(10)17-12(15)16/h5-6,8H,1-4,7,9H2. The van der Waals surface area contributed by atoms with E-state index in [4.69, 9.17) is 4.42 Å². The van der Waals surface area contributed by atoms with E-state index in [0.717, 1.165) is 23.7 Å². The maximum absolute atomic E-state index is 11.6. The Labute approximate surface area is 108 Å². The number of rotatable bonds is 6. The second-order valence-electron chi connectivity index (χ2n) is 3.95. The van der Waals surface area contributed by atoms with Gasteiger partial charge in [0.25, 0.3) is 0 Å². The maximum atomic E-state index is 11.6. The Morgan fingerprint density at radius 1 is 1.29 bits per heavy atom. The van der Waals surface area contributed by atoms with Crippen molar-refractivity contribution < 1.29 is 4.42 Å². The molecule has 0 amide bonds. The van der Waals surface area contributed by atoms with Crippen molar-refractivity contribution in [3.63, 3.8) is 0 Å². The van der Waals surface area contributed by atoms with Crippen LogP contribution in [0.1, 0.15) is 25.7 Å². The molecular formula is C12H15BrN2O2. The van der Waals surface area contributed by atoms with Gasteiger partial charge in [0.15, 0.2) is 0 Å². The Hall–Kier alpha value is -1.10.